The molecule has 0 fully saturated rings. The van der Waals surface area contributed by atoms with Gasteiger partial charge in [0, 0.05) is 42.8 Å². The van der Waals surface area contributed by atoms with Crippen LogP contribution in [-0.2, 0) is 26.7 Å². The van der Waals surface area contributed by atoms with Crippen LogP contribution in [0.5, 0.6) is 0 Å². The first-order chi connectivity index (χ1) is 10.2. The number of aryl methyl sites for hydroxylation is 1. The van der Waals surface area contributed by atoms with Gasteiger partial charge in [-0.15, -0.1) is 0 Å². The lowest BCUT2D eigenvalue weighted by molar-refractivity contribution is 0.290. The summed E-state index contributed by atoms with van der Waals surface area (Å²) in [4.78, 5) is 2.20. The first kappa shape index (κ1) is 13.9. The molecule has 21 heavy (non-hydrogen) atoms. The summed E-state index contributed by atoms with van der Waals surface area (Å²) in [6.07, 6.45) is 3.91. The van der Waals surface area contributed by atoms with Gasteiger partial charge < -0.3 is 10.2 Å². The third-order valence-electron chi connectivity index (χ3n) is 3.61. The monoisotopic (exact) mass is 284 g/mol. The average Bonchev–Trinajstić information content (AvgIpc) is 3.01. The van der Waals surface area contributed by atoms with E-state index in [9.17, 15) is 0 Å². The van der Waals surface area contributed by atoms with Gasteiger partial charge in [0.2, 0.25) is 0 Å². The van der Waals surface area contributed by atoms with Gasteiger partial charge in [0.05, 0.1) is 12.7 Å². The number of fused-ring (bicyclic) bond motifs is 1. The Morgan fingerprint density at radius 3 is 2.81 bits per heavy atom. The minimum atomic E-state index is 0.493. The lowest BCUT2D eigenvalue weighted by Gasteiger charge is -2.14. The van der Waals surface area contributed by atoms with Gasteiger partial charge in [-0.2, -0.15) is 5.10 Å². The fourth-order valence-corrected chi connectivity index (χ4v) is 2.67. The Morgan fingerprint density at radius 1 is 1.29 bits per heavy atom. The Morgan fingerprint density at radius 2 is 2.10 bits per heavy atom. The van der Waals surface area contributed by atoms with Crippen molar-refractivity contribution < 1.29 is 4.42 Å². The maximum Gasteiger partial charge on any atom is 0.134 e. The zero-order valence-corrected chi connectivity index (χ0v) is 12.4. The predicted molar refractivity (Wildman–Crippen MR) is 82.5 cm³/mol. The molecule has 110 valence electrons. The van der Waals surface area contributed by atoms with Gasteiger partial charge in [-0.05, 0) is 13.1 Å². The second kappa shape index (κ2) is 5.71. The summed E-state index contributed by atoms with van der Waals surface area (Å²) in [6, 6.07) is 8.04. The Hall–Kier alpha value is -2.11. The van der Waals surface area contributed by atoms with Gasteiger partial charge in [0.15, 0.2) is 0 Å². The highest BCUT2D eigenvalue weighted by atomic mass is 16.3. The lowest BCUT2D eigenvalue weighted by atomic mass is 10.1. The minimum Gasteiger partial charge on any atom is -0.459 e. The van der Waals surface area contributed by atoms with Gasteiger partial charge in [-0.1, -0.05) is 18.2 Å². The molecular weight excluding hydrogens is 264 g/mol. The van der Waals surface area contributed by atoms with Crippen molar-refractivity contribution in [2.45, 2.75) is 19.6 Å². The first-order valence-corrected chi connectivity index (χ1v) is 7.03. The maximum absolute atomic E-state index is 5.96. The molecule has 0 atom stereocenters. The van der Waals surface area contributed by atoms with E-state index < -0.39 is 0 Å². The number of hydrogen-bond donors (Lipinski definition) is 1. The second-order valence-corrected chi connectivity index (χ2v) is 5.40. The first-order valence-electron chi connectivity index (χ1n) is 7.03. The number of aromatic nitrogens is 2. The third-order valence-corrected chi connectivity index (χ3v) is 3.61. The summed E-state index contributed by atoms with van der Waals surface area (Å²) in [5.74, 6) is 0.949. The van der Waals surface area contributed by atoms with Crippen LogP contribution in [0.2, 0.25) is 0 Å². The number of nitrogens with two attached hydrogens (primary N) is 1. The van der Waals surface area contributed by atoms with Crippen molar-refractivity contribution in [3.63, 3.8) is 0 Å². The van der Waals surface area contributed by atoms with Crippen molar-refractivity contribution in [2.75, 3.05) is 7.05 Å². The van der Waals surface area contributed by atoms with Crippen molar-refractivity contribution in [1.82, 2.24) is 14.7 Å². The summed E-state index contributed by atoms with van der Waals surface area (Å²) in [5.41, 5.74) is 9.09. The van der Waals surface area contributed by atoms with Crippen LogP contribution >= 0.6 is 0 Å². The molecular formula is C16H20N4O. The van der Waals surface area contributed by atoms with Crippen molar-refractivity contribution >= 4 is 11.0 Å². The molecule has 5 heteroatoms. The van der Waals surface area contributed by atoms with Crippen molar-refractivity contribution in [3.8, 4) is 0 Å². The minimum absolute atomic E-state index is 0.493. The fourth-order valence-electron chi connectivity index (χ4n) is 2.67. The molecule has 0 aliphatic heterocycles. The molecule has 3 aromatic rings. The Balaban J connectivity index is 1.80. The third kappa shape index (κ3) is 2.84. The maximum atomic E-state index is 5.96. The van der Waals surface area contributed by atoms with E-state index >= 15 is 0 Å². The molecule has 0 bridgehead atoms. The number of hydrogen-bond acceptors (Lipinski definition) is 4. The van der Waals surface area contributed by atoms with Gasteiger partial charge in [-0.3, -0.25) is 9.58 Å². The number of nitrogens with zero attached hydrogens (tertiary/aromatic N) is 3. The highest BCUT2D eigenvalue weighted by Gasteiger charge is 2.14. The summed E-state index contributed by atoms with van der Waals surface area (Å²) in [6.45, 7) is 2.05. The molecule has 0 aliphatic carbocycles. The van der Waals surface area contributed by atoms with Gasteiger partial charge in [-0.25, -0.2) is 0 Å². The van der Waals surface area contributed by atoms with Crippen LogP contribution in [0.4, 0.5) is 0 Å². The van der Waals surface area contributed by atoms with E-state index in [4.69, 9.17) is 10.2 Å². The van der Waals surface area contributed by atoms with Crippen LogP contribution in [0, 0.1) is 0 Å². The summed E-state index contributed by atoms with van der Waals surface area (Å²) in [5, 5.41) is 5.31. The average molecular weight is 284 g/mol. The molecule has 0 unspecified atom stereocenters. The molecule has 2 N–H and O–H groups in total. The van der Waals surface area contributed by atoms with Crippen LogP contribution in [0.3, 0.4) is 0 Å². The zero-order valence-electron chi connectivity index (χ0n) is 12.4. The largest absolute Gasteiger partial charge is 0.459 e. The summed E-state index contributed by atoms with van der Waals surface area (Å²) in [7, 11) is 4.00. The van der Waals surface area contributed by atoms with Crippen molar-refractivity contribution in [3.05, 3.63) is 53.5 Å². The van der Waals surface area contributed by atoms with E-state index in [0.717, 1.165) is 35.4 Å². The highest BCUT2D eigenvalue weighted by molar-refractivity contribution is 5.82. The number of furan rings is 1. The van der Waals surface area contributed by atoms with Crippen LogP contribution in [0.15, 0.2) is 41.1 Å². The Bertz CT molecular complexity index is 744. The van der Waals surface area contributed by atoms with Crippen molar-refractivity contribution in [1.29, 1.82) is 0 Å². The molecule has 0 saturated heterocycles. The molecule has 1 aromatic carbocycles. The molecule has 2 aromatic heterocycles. The van der Waals surface area contributed by atoms with Gasteiger partial charge >= 0.3 is 0 Å². The van der Waals surface area contributed by atoms with E-state index in [0.29, 0.717) is 6.54 Å². The van der Waals surface area contributed by atoms with Crippen molar-refractivity contribution in [2.24, 2.45) is 12.8 Å². The standard InChI is InChI=1S/C16H20N4O/c1-19(9-12-8-18-20(2)10-12)11-16-14(7-17)13-5-3-4-6-15(13)21-16/h3-6,8,10H,7,9,11,17H2,1-2H3. The Kier molecular flexibility index (Phi) is 3.77. The molecule has 5 nitrogen and oxygen atoms in total. The molecule has 0 radical (unpaired) electrons. The number of rotatable bonds is 5. The van der Waals surface area contributed by atoms with Crippen LogP contribution in [0.1, 0.15) is 16.9 Å². The van der Waals surface area contributed by atoms with E-state index in [1.807, 2.05) is 42.3 Å². The van der Waals surface area contributed by atoms with E-state index in [1.165, 1.54) is 5.56 Å². The second-order valence-electron chi connectivity index (χ2n) is 5.40. The molecule has 0 saturated carbocycles. The zero-order chi connectivity index (χ0) is 14.8. The molecule has 2 heterocycles. The molecule has 0 aliphatic rings. The summed E-state index contributed by atoms with van der Waals surface area (Å²) >= 11 is 0. The molecule has 3 rings (SSSR count). The highest BCUT2D eigenvalue weighted by Crippen LogP contribution is 2.26. The smallest absolute Gasteiger partial charge is 0.134 e. The van der Waals surface area contributed by atoms with E-state index in [2.05, 4.69) is 23.1 Å². The Labute approximate surface area is 123 Å². The number of para-hydroxylation sites is 1. The van der Waals surface area contributed by atoms with Crippen LogP contribution in [-0.4, -0.2) is 21.7 Å². The quantitative estimate of drug-likeness (QED) is 0.780. The fraction of sp³-hybridized carbons (Fsp3) is 0.312. The van der Waals surface area contributed by atoms with E-state index in [-0.39, 0.29) is 0 Å². The predicted octanol–water partition coefficient (Wildman–Crippen LogP) is 2.26. The van der Waals surface area contributed by atoms with Gasteiger partial charge in [0.1, 0.15) is 11.3 Å². The molecule has 0 spiro atoms. The van der Waals surface area contributed by atoms with Crippen LogP contribution in [0.25, 0.3) is 11.0 Å². The number of benzene rings is 1. The summed E-state index contributed by atoms with van der Waals surface area (Å²) < 4.78 is 7.78. The molecule has 0 amide bonds. The normalized spacial score (nSPS) is 11.6. The van der Waals surface area contributed by atoms with E-state index in [1.54, 1.807) is 0 Å². The SMILES string of the molecule is CN(Cc1cnn(C)c1)Cc1oc2ccccc2c1CN. The lowest BCUT2D eigenvalue weighted by Crippen LogP contribution is -2.17. The van der Waals surface area contributed by atoms with Crippen LogP contribution < -0.4 is 5.73 Å². The topological polar surface area (TPSA) is 60.2 Å². The van der Waals surface area contributed by atoms with Gasteiger partial charge in [0.25, 0.3) is 0 Å².